The molecule has 0 heterocycles. The van der Waals surface area contributed by atoms with Crippen LogP contribution >= 0.6 is 12.4 Å². The van der Waals surface area contributed by atoms with Crippen molar-refractivity contribution < 1.29 is 14.3 Å². The van der Waals surface area contributed by atoms with Gasteiger partial charge in [-0.05, 0) is 33.0 Å². The van der Waals surface area contributed by atoms with E-state index in [1.807, 2.05) is 13.8 Å². The van der Waals surface area contributed by atoms with Crippen LogP contribution < -0.4 is 15.4 Å². The smallest absolute Gasteiger partial charge is 0.260 e. The Morgan fingerprint density at radius 2 is 1.91 bits per heavy atom. The fourth-order valence-electron chi connectivity index (χ4n) is 1.94. The van der Waals surface area contributed by atoms with Gasteiger partial charge in [0.15, 0.2) is 6.61 Å². The van der Waals surface area contributed by atoms with Gasteiger partial charge in [0.2, 0.25) is 5.91 Å². The second-order valence-electron chi connectivity index (χ2n) is 4.78. The van der Waals surface area contributed by atoms with Crippen molar-refractivity contribution in [1.29, 1.82) is 0 Å². The Bertz CT molecular complexity index is 493. The number of ether oxygens (including phenoxy) is 1. The van der Waals surface area contributed by atoms with Crippen LogP contribution in [0.1, 0.15) is 20.3 Å². The first-order valence-electron chi connectivity index (χ1n) is 7.55. The Morgan fingerprint density at radius 3 is 2.52 bits per heavy atom. The second kappa shape index (κ2) is 11.7. The van der Waals surface area contributed by atoms with E-state index in [0.717, 1.165) is 0 Å². The van der Waals surface area contributed by atoms with E-state index in [-0.39, 0.29) is 30.8 Å². The van der Waals surface area contributed by atoms with Crippen LogP contribution in [0.5, 0.6) is 5.75 Å². The Kier molecular flexibility index (Phi) is 10.8. The first-order valence-corrected chi connectivity index (χ1v) is 7.55. The van der Waals surface area contributed by atoms with Crippen molar-refractivity contribution in [1.82, 2.24) is 10.2 Å². The number of likely N-dealkylation sites (N-methyl/N-ethyl adjacent to an activating group) is 1. The molecule has 23 heavy (non-hydrogen) atoms. The summed E-state index contributed by atoms with van der Waals surface area (Å²) < 4.78 is 5.50. The zero-order valence-corrected chi connectivity index (χ0v) is 14.7. The van der Waals surface area contributed by atoms with E-state index >= 15 is 0 Å². The highest BCUT2D eigenvalue weighted by atomic mass is 35.5. The van der Waals surface area contributed by atoms with E-state index in [2.05, 4.69) is 10.6 Å². The molecule has 0 saturated carbocycles. The average Bonchev–Trinajstić information content (AvgIpc) is 2.52. The van der Waals surface area contributed by atoms with E-state index in [1.165, 1.54) is 0 Å². The van der Waals surface area contributed by atoms with Gasteiger partial charge < -0.3 is 20.3 Å². The third-order valence-electron chi connectivity index (χ3n) is 3.20. The Balaban J connectivity index is 0.00000484. The van der Waals surface area contributed by atoms with Gasteiger partial charge in [0.1, 0.15) is 5.75 Å². The first kappa shape index (κ1) is 21.2. The zero-order valence-electron chi connectivity index (χ0n) is 13.9. The summed E-state index contributed by atoms with van der Waals surface area (Å²) in [5, 5.41) is 5.72. The summed E-state index contributed by atoms with van der Waals surface area (Å²) in [5.41, 5.74) is 0.661. The zero-order chi connectivity index (χ0) is 16.4. The number of hydrogen-bond donors (Lipinski definition) is 2. The highest BCUT2D eigenvalue weighted by Gasteiger charge is 2.10. The van der Waals surface area contributed by atoms with Gasteiger partial charge >= 0.3 is 0 Å². The van der Waals surface area contributed by atoms with E-state index in [9.17, 15) is 9.59 Å². The van der Waals surface area contributed by atoms with Gasteiger partial charge in [0.25, 0.3) is 5.91 Å². The molecule has 0 aliphatic carbocycles. The van der Waals surface area contributed by atoms with Crippen molar-refractivity contribution in [3.63, 3.8) is 0 Å². The van der Waals surface area contributed by atoms with E-state index in [4.69, 9.17) is 4.74 Å². The molecule has 0 fully saturated rings. The molecule has 1 rings (SSSR count). The number of nitrogens with zero attached hydrogens (tertiary/aromatic N) is 1. The highest BCUT2D eigenvalue weighted by Crippen LogP contribution is 2.17. The van der Waals surface area contributed by atoms with Crippen LogP contribution in [0.15, 0.2) is 24.3 Å². The quantitative estimate of drug-likeness (QED) is 0.718. The van der Waals surface area contributed by atoms with Gasteiger partial charge in [-0.3, -0.25) is 9.59 Å². The molecule has 0 aliphatic heterocycles. The fraction of sp³-hybridized carbons (Fsp3) is 0.500. The minimum Gasteiger partial charge on any atom is -0.484 e. The summed E-state index contributed by atoms with van der Waals surface area (Å²) in [4.78, 5) is 25.3. The van der Waals surface area contributed by atoms with Crippen LogP contribution in [0, 0.1) is 0 Å². The van der Waals surface area contributed by atoms with Gasteiger partial charge in [0, 0.05) is 37.8 Å². The monoisotopic (exact) mass is 343 g/mol. The van der Waals surface area contributed by atoms with Gasteiger partial charge in [-0.15, -0.1) is 12.4 Å². The summed E-state index contributed by atoms with van der Waals surface area (Å²) in [6.45, 7) is 5.82. The molecule has 0 aromatic heterocycles. The van der Waals surface area contributed by atoms with Crippen molar-refractivity contribution in [3.8, 4) is 5.75 Å². The van der Waals surface area contributed by atoms with Crippen LogP contribution in [-0.4, -0.2) is 50.0 Å². The largest absolute Gasteiger partial charge is 0.484 e. The lowest BCUT2D eigenvalue weighted by molar-refractivity contribution is -0.133. The van der Waals surface area contributed by atoms with Crippen molar-refractivity contribution in [2.75, 3.05) is 38.6 Å². The maximum atomic E-state index is 11.9. The molecule has 1 aromatic carbocycles. The topological polar surface area (TPSA) is 70.7 Å². The summed E-state index contributed by atoms with van der Waals surface area (Å²) in [6, 6.07) is 7.05. The molecule has 0 saturated heterocycles. The van der Waals surface area contributed by atoms with E-state index in [1.54, 1.807) is 36.2 Å². The molecule has 7 heteroatoms. The Hall–Kier alpha value is -1.79. The minimum atomic E-state index is -0.0642. The third-order valence-corrected chi connectivity index (χ3v) is 3.20. The van der Waals surface area contributed by atoms with Gasteiger partial charge in [-0.1, -0.05) is 6.07 Å². The first-order chi connectivity index (χ1) is 10.6. The molecule has 2 N–H and O–H groups in total. The standard InChI is InChI=1S/C16H25N3O3.ClH/c1-4-19(5-2)16(21)12-22-14-8-6-7-13(11-14)18-15(20)9-10-17-3;/h6-8,11,17H,4-5,9-10,12H2,1-3H3,(H,18,20);1H. The van der Waals surface area contributed by atoms with E-state index in [0.29, 0.717) is 37.5 Å². The Morgan fingerprint density at radius 1 is 1.22 bits per heavy atom. The molecule has 0 radical (unpaired) electrons. The number of amides is 2. The van der Waals surface area contributed by atoms with Crippen molar-refractivity contribution in [2.24, 2.45) is 0 Å². The lowest BCUT2D eigenvalue weighted by atomic mass is 10.3. The number of nitrogens with one attached hydrogen (secondary N) is 2. The predicted octanol–water partition coefficient (Wildman–Crippen LogP) is 1.90. The van der Waals surface area contributed by atoms with Gasteiger partial charge in [0.05, 0.1) is 0 Å². The Labute approximate surface area is 144 Å². The molecule has 2 amide bonds. The molecule has 0 atom stereocenters. The van der Waals surface area contributed by atoms with Crippen LogP contribution in [0.2, 0.25) is 0 Å². The molecular formula is C16H26ClN3O3. The molecule has 0 bridgehead atoms. The molecule has 0 spiro atoms. The number of rotatable bonds is 9. The number of benzene rings is 1. The third kappa shape index (κ3) is 7.85. The van der Waals surface area contributed by atoms with Crippen molar-refractivity contribution in [3.05, 3.63) is 24.3 Å². The minimum absolute atomic E-state index is 0. The highest BCUT2D eigenvalue weighted by molar-refractivity contribution is 5.91. The molecule has 1 aromatic rings. The van der Waals surface area contributed by atoms with Gasteiger partial charge in [-0.2, -0.15) is 0 Å². The number of hydrogen-bond acceptors (Lipinski definition) is 4. The van der Waals surface area contributed by atoms with Crippen LogP contribution in [0.4, 0.5) is 5.69 Å². The summed E-state index contributed by atoms with van der Waals surface area (Å²) in [7, 11) is 1.80. The number of carbonyl (C=O) groups excluding carboxylic acids is 2. The van der Waals surface area contributed by atoms with Crippen molar-refractivity contribution in [2.45, 2.75) is 20.3 Å². The second-order valence-corrected chi connectivity index (χ2v) is 4.78. The normalized spacial score (nSPS) is 9.70. The summed E-state index contributed by atoms with van der Waals surface area (Å²) in [6.07, 6.45) is 0.405. The van der Waals surface area contributed by atoms with Crippen LogP contribution in [0.3, 0.4) is 0 Å². The average molecular weight is 344 g/mol. The van der Waals surface area contributed by atoms with Crippen LogP contribution in [0.25, 0.3) is 0 Å². The van der Waals surface area contributed by atoms with Crippen molar-refractivity contribution >= 4 is 29.9 Å². The fourth-order valence-corrected chi connectivity index (χ4v) is 1.94. The maximum Gasteiger partial charge on any atom is 0.260 e. The lowest BCUT2D eigenvalue weighted by Crippen LogP contribution is -2.34. The SMILES string of the molecule is CCN(CC)C(=O)COc1cccc(NC(=O)CCNC)c1.Cl. The van der Waals surface area contributed by atoms with Gasteiger partial charge in [-0.25, -0.2) is 0 Å². The number of carbonyl (C=O) groups is 2. The number of halogens is 1. The molecule has 0 aliphatic rings. The molecule has 130 valence electrons. The molecule has 6 nitrogen and oxygen atoms in total. The summed E-state index contributed by atoms with van der Waals surface area (Å²) in [5.74, 6) is 0.450. The van der Waals surface area contributed by atoms with E-state index < -0.39 is 0 Å². The lowest BCUT2D eigenvalue weighted by Gasteiger charge is -2.18. The maximum absolute atomic E-state index is 11.9. The summed E-state index contributed by atoms with van der Waals surface area (Å²) >= 11 is 0. The number of anilines is 1. The molecule has 0 unspecified atom stereocenters. The molecular weight excluding hydrogens is 318 g/mol. The van der Waals surface area contributed by atoms with Crippen LogP contribution in [-0.2, 0) is 9.59 Å². The predicted molar refractivity (Wildman–Crippen MR) is 94.3 cm³/mol.